The molecule has 1 aromatic carbocycles. The highest BCUT2D eigenvalue weighted by Gasteiger charge is 2.46. The van der Waals surface area contributed by atoms with Gasteiger partial charge in [-0.3, -0.25) is 4.79 Å². The second-order valence-corrected chi connectivity index (χ2v) is 9.05. The predicted octanol–water partition coefficient (Wildman–Crippen LogP) is -0.176. The Bertz CT molecular complexity index is 1050. The van der Waals surface area contributed by atoms with Gasteiger partial charge in [0.25, 0.3) is 0 Å². The van der Waals surface area contributed by atoms with E-state index in [1.807, 2.05) is 0 Å². The Kier molecular flexibility index (Phi) is 10.3. The van der Waals surface area contributed by atoms with Crippen LogP contribution in [0.2, 0.25) is 0 Å². The molecule has 12 heteroatoms. The molecule has 1 saturated heterocycles. The molecule has 2 aliphatic rings. The zero-order valence-electron chi connectivity index (χ0n) is 21.1. The molecule has 0 aromatic heterocycles. The number of benzene rings is 1. The van der Waals surface area contributed by atoms with Gasteiger partial charge in [0.05, 0.1) is 32.8 Å². The lowest BCUT2D eigenvalue weighted by molar-refractivity contribution is -0.308. The van der Waals surface area contributed by atoms with Gasteiger partial charge in [-0.2, -0.15) is 0 Å². The minimum atomic E-state index is -1.62. The molecule has 0 radical (unpaired) electrons. The van der Waals surface area contributed by atoms with Crippen molar-refractivity contribution in [2.75, 3.05) is 20.3 Å². The monoisotopic (exact) mass is 538 g/mol. The largest absolute Gasteiger partial charge is 0.504 e. The molecule has 12 nitrogen and oxygen atoms in total. The molecule has 0 spiro atoms. The van der Waals surface area contributed by atoms with Crippen molar-refractivity contribution in [1.82, 2.24) is 0 Å². The molecule has 2 unspecified atom stereocenters. The summed E-state index contributed by atoms with van der Waals surface area (Å²) >= 11 is 0. The second kappa shape index (κ2) is 13.2. The summed E-state index contributed by atoms with van der Waals surface area (Å²) in [5, 5.41) is 58.9. The SMILES string of the molecule is C/C=C1/C(O[C@@H]2O[C@H](CO)[C@@H](O)[C@H](O)[C@H]2O)CC=C(C(=O)OC)C1CC(=O)OCCc1ccc(O)c(O)c1. The van der Waals surface area contributed by atoms with Crippen molar-refractivity contribution in [3.05, 3.63) is 47.1 Å². The van der Waals surface area contributed by atoms with Crippen LogP contribution in [0.5, 0.6) is 11.5 Å². The van der Waals surface area contributed by atoms with Gasteiger partial charge in [0.1, 0.15) is 24.4 Å². The first-order valence-corrected chi connectivity index (χ1v) is 12.2. The van der Waals surface area contributed by atoms with Gasteiger partial charge in [-0.05, 0) is 36.6 Å². The molecule has 210 valence electrons. The Labute approximate surface area is 219 Å². The van der Waals surface area contributed by atoms with Crippen LogP contribution in [0.1, 0.15) is 25.3 Å². The number of aromatic hydroxyl groups is 2. The smallest absolute Gasteiger partial charge is 0.334 e. The van der Waals surface area contributed by atoms with Crippen LogP contribution >= 0.6 is 0 Å². The Morgan fingerprint density at radius 3 is 2.47 bits per heavy atom. The van der Waals surface area contributed by atoms with E-state index in [0.29, 0.717) is 11.1 Å². The van der Waals surface area contributed by atoms with E-state index in [0.717, 1.165) is 0 Å². The Hall–Kier alpha value is -3.00. The fourth-order valence-electron chi connectivity index (χ4n) is 4.58. The fourth-order valence-corrected chi connectivity index (χ4v) is 4.58. The Balaban J connectivity index is 1.71. The first-order chi connectivity index (χ1) is 18.1. The summed E-state index contributed by atoms with van der Waals surface area (Å²) in [5.41, 5.74) is 1.39. The normalized spacial score (nSPS) is 30.5. The van der Waals surface area contributed by atoms with Crippen molar-refractivity contribution in [2.24, 2.45) is 5.92 Å². The lowest BCUT2D eigenvalue weighted by atomic mass is 9.79. The fraction of sp³-hybridized carbons (Fsp3) is 0.538. The van der Waals surface area contributed by atoms with Crippen LogP contribution in [0, 0.1) is 5.92 Å². The van der Waals surface area contributed by atoms with Gasteiger partial charge in [-0.25, -0.2) is 4.79 Å². The molecule has 1 fully saturated rings. The van der Waals surface area contributed by atoms with E-state index in [4.69, 9.17) is 18.9 Å². The number of hydrogen-bond acceptors (Lipinski definition) is 12. The summed E-state index contributed by atoms with van der Waals surface area (Å²) in [6.07, 6.45) is -4.65. The van der Waals surface area contributed by atoms with Crippen LogP contribution in [0.15, 0.2) is 41.5 Å². The number of hydrogen-bond donors (Lipinski definition) is 6. The van der Waals surface area contributed by atoms with E-state index in [1.165, 1.54) is 19.2 Å². The maximum atomic E-state index is 12.7. The number of aliphatic hydroxyl groups excluding tert-OH is 4. The highest BCUT2D eigenvalue weighted by Crippen LogP contribution is 2.37. The van der Waals surface area contributed by atoms with Gasteiger partial charge < -0.3 is 49.6 Å². The first-order valence-electron chi connectivity index (χ1n) is 12.2. The number of ether oxygens (including phenoxy) is 4. The quantitative estimate of drug-likeness (QED) is 0.138. The third-order valence-corrected chi connectivity index (χ3v) is 6.67. The number of allylic oxidation sites excluding steroid dienone is 1. The van der Waals surface area contributed by atoms with E-state index >= 15 is 0 Å². The highest BCUT2D eigenvalue weighted by molar-refractivity contribution is 5.91. The van der Waals surface area contributed by atoms with Crippen molar-refractivity contribution in [3.8, 4) is 11.5 Å². The average Bonchev–Trinajstić information content (AvgIpc) is 2.90. The number of phenols is 2. The standard InChI is InChI=1S/C26H34O12/c1-3-14-16(11-21(30)36-9-8-13-4-6-17(28)18(29)10-13)15(25(34)35-2)5-7-19(14)37-26-24(33)23(32)22(31)20(12-27)38-26/h3-6,10,16,19-20,22-24,26-29,31-33H,7-9,11-12H2,1-2H3/b14-3+/t16?,19?,20-,22-,23+,24-,26-/m1/s1. The number of phenolic OH excluding ortho intramolecular Hbond substituents is 2. The molecule has 1 heterocycles. The zero-order chi connectivity index (χ0) is 28.0. The van der Waals surface area contributed by atoms with Crippen LogP contribution in [0.4, 0.5) is 0 Å². The predicted molar refractivity (Wildman–Crippen MR) is 130 cm³/mol. The number of aliphatic hydroxyl groups is 4. The first kappa shape index (κ1) is 29.6. The molecule has 0 amide bonds. The van der Waals surface area contributed by atoms with Crippen LogP contribution in [-0.4, -0.2) is 99.7 Å². The third kappa shape index (κ3) is 6.70. The molecular formula is C26H34O12. The molecule has 3 rings (SSSR count). The van der Waals surface area contributed by atoms with Gasteiger partial charge >= 0.3 is 11.9 Å². The van der Waals surface area contributed by atoms with Gasteiger partial charge in [0.15, 0.2) is 17.8 Å². The molecule has 7 atom stereocenters. The Morgan fingerprint density at radius 1 is 1.11 bits per heavy atom. The lowest BCUT2D eigenvalue weighted by Gasteiger charge is -2.42. The molecule has 1 aliphatic heterocycles. The van der Waals surface area contributed by atoms with Crippen LogP contribution in [-0.2, 0) is 35.0 Å². The average molecular weight is 539 g/mol. The molecule has 1 aliphatic carbocycles. The highest BCUT2D eigenvalue weighted by atomic mass is 16.7. The number of esters is 2. The van der Waals surface area contributed by atoms with Gasteiger partial charge in [0.2, 0.25) is 0 Å². The summed E-state index contributed by atoms with van der Waals surface area (Å²) in [5.74, 6) is -2.56. The number of carbonyl (C=O) groups excluding carboxylic acids is 2. The van der Waals surface area contributed by atoms with Gasteiger partial charge in [-0.15, -0.1) is 0 Å². The Morgan fingerprint density at radius 2 is 1.84 bits per heavy atom. The van der Waals surface area contributed by atoms with E-state index < -0.39 is 61.3 Å². The number of carbonyl (C=O) groups is 2. The molecule has 0 bridgehead atoms. The van der Waals surface area contributed by atoms with Crippen molar-refractivity contribution in [1.29, 1.82) is 0 Å². The summed E-state index contributed by atoms with van der Waals surface area (Å²) in [4.78, 5) is 25.2. The topological polar surface area (TPSA) is 192 Å². The van der Waals surface area contributed by atoms with Crippen LogP contribution in [0.25, 0.3) is 0 Å². The maximum absolute atomic E-state index is 12.7. The van der Waals surface area contributed by atoms with E-state index in [-0.39, 0.29) is 42.9 Å². The number of methoxy groups -OCH3 is 1. The van der Waals surface area contributed by atoms with Gasteiger partial charge in [-0.1, -0.05) is 18.2 Å². The molecule has 6 N–H and O–H groups in total. The molecular weight excluding hydrogens is 504 g/mol. The summed E-state index contributed by atoms with van der Waals surface area (Å²) in [6.45, 7) is 1.06. The van der Waals surface area contributed by atoms with Crippen molar-refractivity contribution >= 4 is 11.9 Å². The summed E-state index contributed by atoms with van der Waals surface area (Å²) in [6, 6.07) is 4.28. The molecule has 0 saturated carbocycles. The maximum Gasteiger partial charge on any atom is 0.334 e. The van der Waals surface area contributed by atoms with E-state index in [2.05, 4.69) is 0 Å². The van der Waals surface area contributed by atoms with Crippen molar-refractivity contribution in [2.45, 2.75) is 63.0 Å². The van der Waals surface area contributed by atoms with Crippen LogP contribution < -0.4 is 0 Å². The summed E-state index contributed by atoms with van der Waals surface area (Å²) < 4.78 is 21.6. The minimum absolute atomic E-state index is 0.0109. The minimum Gasteiger partial charge on any atom is -0.504 e. The molecule has 38 heavy (non-hydrogen) atoms. The summed E-state index contributed by atoms with van der Waals surface area (Å²) in [7, 11) is 1.22. The van der Waals surface area contributed by atoms with Crippen molar-refractivity contribution in [3.63, 3.8) is 0 Å². The van der Waals surface area contributed by atoms with E-state index in [9.17, 15) is 40.2 Å². The van der Waals surface area contributed by atoms with E-state index in [1.54, 1.807) is 25.1 Å². The van der Waals surface area contributed by atoms with Crippen LogP contribution in [0.3, 0.4) is 0 Å². The third-order valence-electron chi connectivity index (χ3n) is 6.67. The van der Waals surface area contributed by atoms with Crippen molar-refractivity contribution < 1.29 is 59.2 Å². The second-order valence-electron chi connectivity index (χ2n) is 9.05. The van der Waals surface area contributed by atoms with Gasteiger partial charge in [0, 0.05) is 17.9 Å². The number of rotatable bonds is 9. The molecule has 1 aromatic rings. The lowest BCUT2D eigenvalue weighted by Crippen LogP contribution is -2.59. The zero-order valence-corrected chi connectivity index (χ0v) is 21.1.